The molecule has 0 unspecified atom stereocenters. The number of nitrogens with one attached hydrogen (secondary N) is 1. The van der Waals surface area contributed by atoms with Crippen LogP contribution in [0.3, 0.4) is 0 Å². The maximum Gasteiger partial charge on any atom is 0.226 e. The maximum absolute atomic E-state index is 15.1. The van der Waals surface area contributed by atoms with Crippen molar-refractivity contribution in [1.29, 1.82) is 0 Å². The molecule has 0 spiro atoms. The maximum atomic E-state index is 15.1. The molecule has 0 aliphatic carbocycles. The molecule has 0 radical (unpaired) electrons. The summed E-state index contributed by atoms with van der Waals surface area (Å²) in [5.74, 6) is 0.359. The fourth-order valence-corrected chi connectivity index (χ4v) is 4.52. The van der Waals surface area contributed by atoms with Gasteiger partial charge in [0.05, 0.1) is 5.70 Å². The lowest BCUT2D eigenvalue weighted by atomic mass is 9.84. The van der Waals surface area contributed by atoms with Crippen LogP contribution in [-0.2, 0) is 0 Å². The van der Waals surface area contributed by atoms with Gasteiger partial charge < -0.3 is 10.1 Å². The smallest absolute Gasteiger partial charge is 0.226 e. The van der Waals surface area contributed by atoms with Crippen LogP contribution in [-0.4, -0.2) is 14.8 Å². The van der Waals surface area contributed by atoms with Crippen molar-refractivity contribution in [2.75, 3.05) is 5.32 Å². The van der Waals surface area contributed by atoms with Crippen molar-refractivity contribution in [3.05, 3.63) is 112 Å². The first-order valence-corrected chi connectivity index (χ1v) is 10.3. The molecule has 0 saturated carbocycles. The van der Waals surface area contributed by atoms with Gasteiger partial charge in [-0.05, 0) is 42.0 Å². The number of ether oxygens (including phenoxy) is 1. The molecular weight excluding hydrogens is 434 g/mol. The van der Waals surface area contributed by atoms with Crippen LogP contribution in [0.5, 0.6) is 5.75 Å². The van der Waals surface area contributed by atoms with Gasteiger partial charge in [-0.3, -0.25) is 0 Å². The van der Waals surface area contributed by atoms with Gasteiger partial charge in [0.2, 0.25) is 5.95 Å². The third kappa shape index (κ3) is 2.89. The minimum Gasteiger partial charge on any atom is -0.480 e. The second-order valence-corrected chi connectivity index (χ2v) is 8.03. The molecule has 4 aromatic rings. The van der Waals surface area contributed by atoms with Gasteiger partial charge in [0.15, 0.2) is 0 Å². The van der Waals surface area contributed by atoms with E-state index in [0.29, 0.717) is 22.3 Å². The van der Waals surface area contributed by atoms with E-state index in [-0.39, 0.29) is 11.6 Å². The lowest BCUT2D eigenvalue weighted by Crippen LogP contribution is -2.32. The molecule has 1 aromatic heterocycles. The molecule has 2 atom stereocenters. The van der Waals surface area contributed by atoms with Crippen molar-refractivity contribution in [3.8, 4) is 5.75 Å². The third-order valence-electron chi connectivity index (χ3n) is 5.75. The van der Waals surface area contributed by atoms with Crippen LogP contribution in [0.2, 0.25) is 5.02 Å². The normalized spacial score (nSPS) is 18.8. The highest BCUT2D eigenvalue weighted by atomic mass is 35.5. The fourth-order valence-electron chi connectivity index (χ4n) is 4.35. The Morgan fingerprint density at radius 1 is 1.00 bits per heavy atom. The standard InChI is InChI=1S/C24H15ClF2N4O/c25-14-7-10-19-17(11-14)21-20(23(32-19)13-5-8-15(26)9-6-13)22(16-3-1-2-4-18(16)27)31-24(30-21)28-12-29-31/h1-12,22-23H,(H,28,29,30)/t22-,23+/m0/s1. The van der Waals surface area contributed by atoms with E-state index in [2.05, 4.69) is 15.4 Å². The number of rotatable bonds is 2. The monoisotopic (exact) mass is 448 g/mol. The molecule has 158 valence electrons. The summed E-state index contributed by atoms with van der Waals surface area (Å²) in [5, 5.41) is 8.23. The summed E-state index contributed by atoms with van der Waals surface area (Å²) in [4.78, 5) is 4.32. The number of anilines is 1. The van der Waals surface area contributed by atoms with E-state index in [1.54, 1.807) is 53.2 Å². The second kappa shape index (κ2) is 7.17. The summed E-state index contributed by atoms with van der Waals surface area (Å²) in [6, 6.07) is 17.3. The zero-order valence-electron chi connectivity index (χ0n) is 16.5. The largest absolute Gasteiger partial charge is 0.480 e. The average molecular weight is 449 g/mol. The van der Waals surface area contributed by atoms with E-state index in [1.807, 2.05) is 0 Å². The van der Waals surface area contributed by atoms with Gasteiger partial charge in [-0.2, -0.15) is 10.1 Å². The topological polar surface area (TPSA) is 52.0 Å². The number of hydrogen-bond acceptors (Lipinski definition) is 4. The van der Waals surface area contributed by atoms with Crippen molar-refractivity contribution in [2.24, 2.45) is 0 Å². The lowest BCUT2D eigenvalue weighted by Gasteiger charge is -2.39. The highest BCUT2D eigenvalue weighted by molar-refractivity contribution is 6.30. The van der Waals surface area contributed by atoms with Crippen molar-refractivity contribution >= 4 is 23.2 Å². The van der Waals surface area contributed by atoms with Gasteiger partial charge >= 0.3 is 0 Å². The summed E-state index contributed by atoms with van der Waals surface area (Å²) in [6.07, 6.45) is 0.801. The van der Waals surface area contributed by atoms with E-state index in [9.17, 15) is 4.39 Å². The second-order valence-electron chi connectivity index (χ2n) is 7.60. The Labute approximate surface area is 186 Å². The van der Waals surface area contributed by atoms with E-state index in [0.717, 1.165) is 22.4 Å². The zero-order chi connectivity index (χ0) is 21.8. The SMILES string of the molecule is Fc1ccc([C@H]2Oc3ccc(Cl)cc3C3=C2[C@H](c2ccccc2F)n2ncnc2N3)cc1. The fraction of sp³-hybridized carbons (Fsp3) is 0.0833. The predicted octanol–water partition coefficient (Wildman–Crippen LogP) is 5.77. The molecule has 0 saturated heterocycles. The molecule has 0 amide bonds. The molecule has 2 aliphatic heterocycles. The quantitative estimate of drug-likeness (QED) is 0.423. The van der Waals surface area contributed by atoms with Crippen molar-refractivity contribution in [2.45, 2.75) is 12.1 Å². The molecule has 8 heteroatoms. The van der Waals surface area contributed by atoms with Crippen LogP contribution in [0, 0.1) is 11.6 Å². The molecular formula is C24H15ClF2N4O. The van der Waals surface area contributed by atoms with Crippen LogP contribution in [0.1, 0.15) is 28.8 Å². The Balaban J connectivity index is 1.65. The Kier molecular flexibility index (Phi) is 4.26. The Bertz CT molecular complexity index is 1380. The Morgan fingerprint density at radius 3 is 2.62 bits per heavy atom. The summed E-state index contributed by atoms with van der Waals surface area (Å²) in [5.41, 5.74) is 3.34. The minimum atomic E-state index is -0.632. The highest BCUT2D eigenvalue weighted by Gasteiger charge is 2.41. The number of halogens is 3. The summed E-state index contributed by atoms with van der Waals surface area (Å²) in [7, 11) is 0. The summed E-state index contributed by atoms with van der Waals surface area (Å²) < 4.78 is 36.8. The van der Waals surface area contributed by atoms with Crippen molar-refractivity contribution in [1.82, 2.24) is 14.8 Å². The molecule has 3 aromatic carbocycles. The van der Waals surface area contributed by atoms with Gasteiger partial charge in [-0.15, -0.1) is 0 Å². The van der Waals surface area contributed by atoms with Gasteiger partial charge in [0.1, 0.15) is 35.9 Å². The molecule has 1 N–H and O–H groups in total. The van der Waals surface area contributed by atoms with Crippen LogP contribution >= 0.6 is 11.6 Å². The van der Waals surface area contributed by atoms with Gasteiger partial charge in [0.25, 0.3) is 0 Å². The van der Waals surface area contributed by atoms with Crippen LogP contribution in [0.25, 0.3) is 5.70 Å². The lowest BCUT2D eigenvalue weighted by molar-refractivity contribution is 0.222. The number of aromatic nitrogens is 3. The first-order chi connectivity index (χ1) is 15.6. The summed E-state index contributed by atoms with van der Waals surface area (Å²) >= 11 is 6.30. The predicted molar refractivity (Wildman–Crippen MR) is 116 cm³/mol. The Hall–Kier alpha value is -3.71. The number of hydrogen-bond donors (Lipinski definition) is 1. The molecule has 2 aliphatic rings. The minimum absolute atomic E-state index is 0.350. The number of fused-ring (bicyclic) bond motifs is 3. The van der Waals surface area contributed by atoms with Crippen molar-refractivity contribution < 1.29 is 13.5 Å². The molecule has 0 bridgehead atoms. The van der Waals surface area contributed by atoms with Gasteiger partial charge in [0, 0.05) is 21.7 Å². The van der Waals surface area contributed by atoms with Crippen LogP contribution in [0.4, 0.5) is 14.7 Å². The molecule has 3 heterocycles. The van der Waals surface area contributed by atoms with E-state index in [1.165, 1.54) is 24.5 Å². The molecule has 32 heavy (non-hydrogen) atoms. The first-order valence-electron chi connectivity index (χ1n) is 9.97. The molecule has 6 rings (SSSR count). The van der Waals surface area contributed by atoms with E-state index < -0.39 is 12.1 Å². The van der Waals surface area contributed by atoms with E-state index >= 15 is 4.39 Å². The summed E-state index contributed by atoms with van der Waals surface area (Å²) in [6.45, 7) is 0. The van der Waals surface area contributed by atoms with Crippen LogP contribution < -0.4 is 10.1 Å². The zero-order valence-corrected chi connectivity index (χ0v) is 17.2. The number of nitrogens with zero attached hydrogens (tertiary/aromatic N) is 3. The number of benzene rings is 3. The van der Waals surface area contributed by atoms with Crippen LogP contribution in [0.15, 0.2) is 78.6 Å². The Morgan fingerprint density at radius 2 is 1.81 bits per heavy atom. The van der Waals surface area contributed by atoms with Crippen molar-refractivity contribution in [3.63, 3.8) is 0 Å². The first kappa shape index (κ1) is 19.0. The van der Waals surface area contributed by atoms with Gasteiger partial charge in [-0.25, -0.2) is 13.5 Å². The third-order valence-corrected chi connectivity index (χ3v) is 5.98. The highest BCUT2D eigenvalue weighted by Crippen LogP contribution is 2.51. The molecule has 5 nitrogen and oxygen atoms in total. The average Bonchev–Trinajstić information content (AvgIpc) is 3.27. The van der Waals surface area contributed by atoms with Gasteiger partial charge in [-0.1, -0.05) is 41.9 Å². The molecule has 0 fully saturated rings. The van der Waals surface area contributed by atoms with E-state index in [4.69, 9.17) is 16.3 Å².